The number of carbonyl (C=O) groups excluding carboxylic acids is 1. The van der Waals surface area contributed by atoms with E-state index in [4.69, 9.17) is 9.47 Å². The number of aromatic nitrogens is 2. The molecule has 302 valence electrons. The van der Waals surface area contributed by atoms with Crippen molar-refractivity contribution in [3.8, 4) is 17.0 Å². The molecule has 9 rings (SSSR count). The number of pyridine rings is 1. The first-order chi connectivity index (χ1) is 26.7. The quantitative estimate of drug-likeness (QED) is 0.221. The van der Waals surface area contributed by atoms with Crippen LogP contribution in [-0.2, 0) is 15.7 Å². The number of carbonyl (C=O) groups is 2. The van der Waals surface area contributed by atoms with Crippen LogP contribution in [0.5, 0.6) is 5.75 Å². The Labute approximate surface area is 322 Å². The van der Waals surface area contributed by atoms with E-state index in [-0.39, 0.29) is 60.3 Å². The van der Waals surface area contributed by atoms with E-state index in [0.29, 0.717) is 37.0 Å². The number of rotatable bonds is 8. The van der Waals surface area contributed by atoms with Crippen molar-refractivity contribution >= 4 is 22.8 Å². The summed E-state index contributed by atoms with van der Waals surface area (Å²) in [6.45, 7) is 1.16. The van der Waals surface area contributed by atoms with E-state index in [0.717, 1.165) is 81.9 Å². The third kappa shape index (κ3) is 7.40. The number of nitrogens with one attached hydrogen (secondary N) is 1. The summed E-state index contributed by atoms with van der Waals surface area (Å²) in [5, 5.41) is 13.1. The van der Waals surface area contributed by atoms with Crippen molar-refractivity contribution in [2.75, 3.05) is 26.3 Å². The third-order valence-electron chi connectivity index (χ3n) is 13.9. The van der Waals surface area contributed by atoms with Crippen LogP contribution in [0.1, 0.15) is 106 Å². The second kappa shape index (κ2) is 14.2. The number of nitrogens with zero attached hydrogens (tertiary/aromatic N) is 3. The predicted octanol–water partition coefficient (Wildman–Crippen LogP) is 8.50. The summed E-state index contributed by atoms with van der Waals surface area (Å²) < 4.78 is 85.4. The van der Waals surface area contributed by atoms with E-state index in [1.807, 2.05) is 29.3 Å². The molecule has 2 N–H and O–H groups in total. The number of amides is 1. The van der Waals surface area contributed by atoms with Gasteiger partial charge in [-0.3, -0.25) is 14.5 Å². The first-order valence-corrected chi connectivity index (χ1v) is 20.3. The minimum atomic E-state index is -4.89. The molecule has 2 aromatic heterocycles. The average Bonchev–Trinajstić information content (AvgIpc) is 3.51. The average molecular weight is 785 g/mol. The smallest absolute Gasteiger partial charge is 0.434 e. The van der Waals surface area contributed by atoms with Crippen molar-refractivity contribution in [1.82, 2.24) is 19.8 Å². The fourth-order valence-electron chi connectivity index (χ4n) is 11.0. The van der Waals surface area contributed by atoms with Crippen LogP contribution in [-0.4, -0.2) is 81.8 Å². The normalized spacial score (nSPS) is 30.4. The van der Waals surface area contributed by atoms with Crippen molar-refractivity contribution < 1.29 is 46.1 Å². The van der Waals surface area contributed by atoms with E-state index in [2.05, 4.69) is 14.9 Å². The number of hydrogen-bond donors (Lipinski definition) is 2. The Kier molecular flexibility index (Phi) is 9.61. The Balaban J connectivity index is 0.971. The molecule has 2 aliphatic heterocycles. The molecule has 2 unspecified atom stereocenters. The summed E-state index contributed by atoms with van der Waals surface area (Å²) in [5.41, 5.74) is -0.0674. The molecule has 6 aliphatic rings. The summed E-state index contributed by atoms with van der Waals surface area (Å²) in [6, 6.07) is 8.32. The maximum Gasteiger partial charge on any atom is 0.434 e. The maximum atomic E-state index is 14.7. The van der Waals surface area contributed by atoms with Crippen molar-refractivity contribution in [1.29, 1.82) is 0 Å². The number of aliphatic carboxylic acids is 1. The summed E-state index contributed by atoms with van der Waals surface area (Å²) in [7, 11) is 0. The van der Waals surface area contributed by atoms with Gasteiger partial charge in [-0.1, -0.05) is 0 Å². The van der Waals surface area contributed by atoms with Crippen molar-refractivity contribution in [2.24, 2.45) is 23.2 Å². The first-order valence-electron chi connectivity index (χ1n) is 20.3. The lowest BCUT2D eigenvalue weighted by Crippen LogP contribution is -2.60. The molecule has 6 fully saturated rings. The molecule has 1 aromatic carbocycles. The van der Waals surface area contributed by atoms with Gasteiger partial charge in [0.1, 0.15) is 5.75 Å². The second-order valence-electron chi connectivity index (χ2n) is 17.9. The molecule has 56 heavy (non-hydrogen) atoms. The topological polar surface area (TPSA) is 106 Å². The predicted molar refractivity (Wildman–Crippen MR) is 197 cm³/mol. The van der Waals surface area contributed by atoms with Crippen LogP contribution in [0.3, 0.4) is 0 Å². The van der Waals surface area contributed by atoms with Gasteiger partial charge in [-0.25, -0.2) is 13.8 Å². The molecule has 4 aliphatic carbocycles. The zero-order valence-corrected chi connectivity index (χ0v) is 31.3. The largest absolute Gasteiger partial charge is 0.490 e. The number of benzene rings is 1. The van der Waals surface area contributed by atoms with E-state index in [1.165, 1.54) is 12.1 Å². The van der Waals surface area contributed by atoms with Gasteiger partial charge in [-0.05, 0) is 120 Å². The molecular weight excluding hydrogens is 735 g/mol. The number of hydrogen-bond acceptors (Lipinski definition) is 6. The van der Waals surface area contributed by atoms with E-state index in [1.54, 1.807) is 0 Å². The Morgan fingerprint density at radius 1 is 0.893 bits per heavy atom. The van der Waals surface area contributed by atoms with E-state index in [9.17, 15) is 36.6 Å². The molecule has 2 atom stereocenters. The van der Waals surface area contributed by atoms with Gasteiger partial charge in [0.05, 0.1) is 55.1 Å². The monoisotopic (exact) mass is 784 g/mol. The van der Waals surface area contributed by atoms with Gasteiger partial charge in [0.15, 0.2) is 5.69 Å². The van der Waals surface area contributed by atoms with Gasteiger partial charge in [0, 0.05) is 46.8 Å². The molecule has 1 spiro atoms. The van der Waals surface area contributed by atoms with Crippen molar-refractivity contribution in [2.45, 2.75) is 120 Å². The van der Waals surface area contributed by atoms with Gasteiger partial charge in [0.2, 0.25) is 0 Å². The molecule has 2 bridgehead atoms. The molecule has 9 nitrogen and oxygen atoms in total. The highest BCUT2D eigenvalue weighted by molar-refractivity contribution is 5.98. The van der Waals surface area contributed by atoms with E-state index < -0.39 is 41.2 Å². The first kappa shape index (κ1) is 37.8. The number of halogens is 5. The molecule has 14 heteroatoms. The maximum absolute atomic E-state index is 14.7. The highest BCUT2D eigenvalue weighted by atomic mass is 19.4. The molecule has 4 saturated carbocycles. The van der Waals surface area contributed by atoms with E-state index >= 15 is 0 Å². The fraction of sp³-hybridized carbons (Fsp3) is 0.643. The summed E-state index contributed by atoms with van der Waals surface area (Å²) >= 11 is 0. The molecular formula is C42H49F5N4O5. The summed E-state index contributed by atoms with van der Waals surface area (Å²) in [4.78, 5) is 31.1. The highest BCUT2D eigenvalue weighted by Gasteiger charge is 2.47. The molecule has 0 radical (unpaired) electrons. The van der Waals surface area contributed by atoms with Gasteiger partial charge < -0.3 is 24.5 Å². The van der Waals surface area contributed by atoms with Crippen LogP contribution in [0.4, 0.5) is 22.0 Å². The van der Waals surface area contributed by atoms with Crippen LogP contribution < -0.4 is 10.1 Å². The summed E-state index contributed by atoms with van der Waals surface area (Å²) in [5.74, 6) is -3.76. The van der Waals surface area contributed by atoms with Gasteiger partial charge in [-0.15, -0.1) is 0 Å². The third-order valence-corrected chi connectivity index (χ3v) is 13.9. The second-order valence-corrected chi connectivity index (χ2v) is 17.9. The Morgan fingerprint density at radius 3 is 2.20 bits per heavy atom. The zero-order valence-electron chi connectivity index (χ0n) is 31.3. The zero-order chi connectivity index (χ0) is 39.0. The van der Waals surface area contributed by atoms with Crippen LogP contribution >= 0.6 is 0 Å². The Bertz CT molecular complexity index is 1960. The molecule has 2 saturated heterocycles. The minimum absolute atomic E-state index is 0.0638. The van der Waals surface area contributed by atoms with Gasteiger partial charge >= 0.3 is 12.1 Å². The van der Waals surface area contributed by atoms with Crippen molar-refractivity contribution in [3.63, 3.8) is 0 Å². The lowest BCUT2D eigenvalue weighted by atomic mass is 9.66. The van der Waals surface area contributed by atoms with Gasteiger partial charge in [-0.2, -0.15) is 13.2 Å². The van der Waals surface area contributed by atoms with Crippen LogP contribution in [0.25, 0.3) is 22.2 Å². The number of likely N-dealkylation sites (tertiary alicyclic amines) is 1. The Hall–Kier alpha value is -3.78. The minimum Gasteiger partial charge on any atom is -0.490 e. The number of ether oxygens (including phenoxy) is 2. The SMILES string of the molecule is O=C(NC1CC2CC(C1)CC(C(=O)O)C2)c1ccc(-c2cn(C3CCC4(CC3)COC4)c3cc(O[C@H]4CC[C@H](N5CC(F)(F)C5)CC4)ccc23)nc1C(F)(F)F. The van der Waals surface area contributed by atoms with Crippen molar-refractivity contribution in [3.05, 3.63) is 47.8 Å². The number of alkyl halides is 5. The highest BCUT2D eigenvalue weighted by Crippen LogP contribution is 2.48. The lowest BCUT2D eigenvalue weighted by molar-refractivity contribution is -0.151. The van der Waals surface area contributed by atoms with Crippen LogP contribution in [0.15, 0.2) is 36.5 Å². The lowest BCUT2D eigenvalue weighted by Gasteiger charge is -2.46. The fourth-order valence-corrected chi connectivity index (χ4v) is 11.0. The van der Waals surface area contributed by atoms with Gasteiger partial charge in [0.25, 0.3) is 11.8 Å². The number of carboxylic acids is 1. The van der Waals surface area contributed by atoms with Crippen LogP contribution in [0.2, 0.25) is 0 Å². The number of fused-ring (bicyclic) bond motifs is 3. The Morgan fingerprint density at radius 2 is 1.59 bits per heavy atom. The molecule has 3 aromatic rings. The van der Waals surface area contributed by atoms with Crippen LogP contribution in [0, 0.1) is 23.2 Å². The molecule has 4 heterocycles. The summed E-state index contributed by atoms with van der Waals surface area (Å²) in [6.07, 6.45) is 6.81. The standard InChI is InChI=1S/C42H49F5N4O5/c43-41(44)20-50(21-41)28-1-3-30(4-2-28)56-31-5-6-32-34(19-51(36(32)18-31)29-9-11-40(12-10-29)22-55-23-40)35-8-7-33(37(49-35)42(45,46)47)38(52)48-27-16-24-13-25(17-27)15-26(14-24)39(53)54/h5-8,18-19,24-30H,1-4,9-17,20-23H2,(H,48,52)(H,53,54)/t24?,25?,26?,27?,28-,30-. The number of carboxylic acid groups (broad SMARTS) is 1. The molecule has 1 amide bonds.